The minimum absolute atomic E-state index is 0.217. The van der Waals surface area contributed by atoms with Crippen LogP contribution >= 0.6 is 0 Å². The van der Waals surface area contributed by atoms with Crippen molar-refractivity contribution in [2.24, 2.45) is 0 Å². The number of carbonyl (C=O) groups excluding carboxylic acids is 1. The highest BCUT2D eigenvalue weighted by molar-refractivity contribution is 5.91. The third-order valence-electron chi connectivity index (χ3n) is 3.20. The molecule has 1 aliphatic carbocycles. The maximum absolute atomic E-state index is 12.1. The summed E-state index contributed by atoms with van der Waals surface area (Å²) in [7, 11) is 0. The summed E-state index contributed by atoms with van der Waals surface area (Å²) in [5, 5.41) is 21.7. The van der Waals surface area contributed by atoms with Crippen LogP contribution in [0, 0.1) is 20.2 Å². The fourth-order valence-corrected chi connectivity index (χ4v) is 2.08. The quantitative estimate of drug-likeness (QED) is 0.364. The maximum Gasteiger partial charge on any atom is 0.339 e. The molecule has 0 amide bonds. The molecule has 0 radical (unpaired) electrons. The standard InChI is InChI=1S/C15H14N2O6/c18-15(23-14-6-4-2-1-3-5-7-14)11-8-12(16(19)20)10-13(9-11)17(21)22/h2,4-5,7-10,14H,1,3,6H2. The lowest BCUT2D eigenvalue weighted by Crippen LogP contribution is -2.16. The van der Waals surface area contributed by atoms with Crippen molar-refractivity contribution >= 4 is 17.3 Å². The van der Waals surface area contributed by atoms with Gasteiger partial charge in [0.1, 0.15) is 6.10 Å². The molecule has 8 nitrogen and oxygen atoms in total. The summed E-state index contributed by atoms with van der Waals surface area (Å²) in [5.74, 6) is -0.833. The van der Waals surface area contributed by atoms with Crippen LogP contribution in [-0.4, -0.2) is 21.9 Å². The Hall–Kier alpha value is -3.03. The van der Waals surface area contributed by atoms with Gasteiger partial charge in [0.25, 0.3) is 11.4 Å². The average molecular weight is 318 g/mol. The van der Waals surface area contributed by atoms with Gasteiger partial charge in [-0.25, -0.2) is 4.79 Å². The number of hydrogen-bond acceptors (Lipinski definition) is 6. The topological polar surface area (TPSA) is 113 Å². The van der Waals surface area contributed by atoms with Gasteiger partial charge in [-0.05, 0) is 18.9 Å². The van der Waals surface area contributed by atoms with Crippen LogP contribution < -0.4 is 0 Å². The number of nitro groups is 2. The number of nitro benzene ring substituents is 2. The van der Waals surface area contributed by atoms with Gasteiger partial charge >= 0.3 is 5.97 Å². The van der Waals surface area contributed by atoms with Crippen LogP contribution in [0.2, 0.25) is 0 Å². The van der Waals surface area contributed by atoms with Crippen molar-refractivity contribution in [3.63, 3.8) is 0 Å². The van der Waals surface area contributed by atoms with Crippen LogP contribution in [0.15, 0.2) is 42.5 Å². The van der Waals surface area contributed by atoms with Crippen LogP contribution in [0.3, 0.4) is 0 Å². The summed E-state index contributed by atoms with van der Waals surface area (Å²) in [4.78, 5) is 32.2. The Morgan fingerprint density at radius 2 is 1.61 bits per heavy atom. The van der Waals surface area contributed by atoms with Gasteiger partial charge in [-0.15, -0.1) is 0 Å². The Balaban J connectivity index is 2.23. The SMILES string of the molecule is O=C(OC1C=CCCC=CC1)c1cc([N+](=O)[O-])cc([N+](=O)[O-])c1. The first-order valence-corrected chi connectivity index (χ1v) is 6.94. The Kier molecular flexibility index (Phi) is 5.19. The molecule has 0 saturated heterocycles. The van der Waals surface area contributed by atoms with E-state index in [0.29, 0.717) is 6.42 Å². The second-order valence-corrected chi connectivity index (χ2v) is 4.91. The van der Waals surface area contributed by atoms with E-state index in [1.807, 2.05) is 18.2 Å². The van der Waals surface area contributed by atoms with Gasteiger partial charge in [-0.3, -0.25) is 20.2 Å². The van der Waals surface area contributed by atoms with Crippen molar-refractivity contribution in [1.29, 1.82) is 0 Å². The molecule has 1 aromatic carbocycles. The molecule has 0 aliphatic heterocycles. The van der Waals surface area contributed by atoms with Crippen LogP contribution in [0.5, 0.6) is 0 Å². The van der Waals surface area contributed by atoms with Crippen molar-refractivity contribution in [1.82, 2.24) is 0 Å². The van der Waals surface area contributed by atoms with E-state index in [4.69, 9.17) is 4.74 Å². The number of esters is 1. The van der Waals surface area contributed by atoms with Crippen LogP contribution in [0.4, 0.5) is 11.4 Å². The molecule has 0 fully saturated rings. The van der Waals surface area contributed by atoms with Crippen LogP contribution in [0.25, 0.3) is 0 Å². The minimum Gasteiger partial charge on any atom is -0.454 e. The minimum atomic E-state index is -0.833. The molecule has 0 aromatic heterocycles. The third kappa shape index (κ3) is 4.47. The summed E-state index contributed by atoms with van der Waals surface area (Å²) in [6.45, 7) is 0. The van der Waals surface area contributed by atoms with Crippen molar-refractivity contribution < 1.29 is 19.4 Å². The van der Waals surface area contributed by atoms with Gasteiger partial charge in [-0.1, -0.05) is 18.2 Å². The summed E-state index contributed by atoms with van der Waals surface area (Å²) < 4.78 is 5.26. The highest BCUT2D eigenvalue weighted by atomic mass is 16.6. The lowest BCUT2D eigenvalue weighted by atomic mass is 10.1. The van der Waals surface area contributed by atoms with Crippen molar-refractivity contribution in [3.05, 3.63) is 68.3 Å². The Morgan fingerprint density at radius 1 is 1.00 bits per heavy atom. The van der Waals surface area contributed by atoms with E-state index in [2.05, 4.69) is 0 Å². The van der Waals surface area contributed by atoms with E-state index in [9.17, 15) is 25.0 Å². The number of allylic oxidation sites excluding steroid dienone is 2. The zero-order chi connectivity index (χ0) is 16.8. The molecule has 1 aromatic rings. The Bertz CT molecular complexity index is 663. The summed E-state index contributed by atoms with van der Waals surface area (Å²) in [5.41, 5.74) is -1.27. The second-order valence-electron chi connectivity index (χ2n) is 4.91. The molecule has 1 unspecified atom stereocenters. The lowest BCUT2D eigenvalue weighted by Gasteiger charge is -2.13. The van der Waals surface area contributed by atoms with Crippen molar-refractivity contribution in [2.45, 2.75) is 25.4 Å². The first-order chi connectivity index (χ1) is 11.0. The smallest absolute Gasteiger partial charge is 0.339 e. The first-order valence-electron chi connectivity index (χ1n) is 6.94. The highest BCUT2D eigenvalue weighted by Gasteiger charge is 2.22. The molecule has 0 spiro atoms. The van der Waals surface area contributed by atoms with E-state index in [-0.39, 0.29) is 5.56 Å². The fourth-order valence-electron chi connectivity index (χ4n) is 2.08. The predicted octanol–water partition coefficient (Wildman–Crippen LogP) is 3.32. The van der Waals surface area contributed by atoms with Crippen LogP contribution in [0.1, 0.15) is 29.6 Å². The molecule has 0 saturated carbocycles. The van der Waals surface area contributed by atoms with Crippen molar-refractivity contribution in [2.75, 3.05) is 0 Å². The van der Waals surface area contributed by atoms with E-state index < -0.39 is 33.3 Å². The third-order valence-corrected chi connectivity index (χ3v) is 3.20. The molecule has 0 N–H and O–H groups in total. The number of carbonyl (C=O) groups is 1. The summed E-state index contributed by atoms with van der Waals surface area (Å²) >= 11 is 0. The van der Waals surface area contributed by atoms with Gasteiger partial charge in [-0.2, -0.15) is 0 Å². The van der Waals surface area contributed by atoms with Gasteiger partial charge in [0.15, 0.2) is 0 Å². The average Bonchev–Trinajstić information content (AvgIpc) is 2.49. The number of hydrogen-bond donors (Lipinski definition) is 0. The van der Waals surface area contributed by atoms with Gasteiger partial charge in [0.05, 0.1) is 21.5 Å². The number of non-ortho nitro benzene ring substituents is 2. The molecular formula is C15H14N2O6. The Morgan fingerprint density at radius 3 is 2.22 bits per heavy atom. The van der Waals surface area contributed by atoms with Gasteiger partial charge < -0.3 is 4.74 Å². The zero-order valence-electron chi connectivity index (χ0n) is 12.1. The van der Waals surface area contributed by atoms with E-state index >= 15 is 0 Å². The molecule has 2 rings (SSSR count). The normalized spacial score (nSPS) is 17.1. The number of benzene rings is 1. The molecule has 8 heteroatoms. The number of nitrogens with zero attached hydrogens (tertiary/aromatic N) is 2. The molecule has 23 heavy (non-hydrogen) atoms. The van der Waals surface area contributed by atoms with E-state index in [0.717, 1.165) is 31.0 Å². The highest BCUT2D eigenvalue weighted by Crippen LogP contribution is 2.24. The maximum atomic E-state index is 12.1. The molecule has 1 atom stereocenters. The summed E-state index contributed by atoms with van der Waals surface area (Å²) in [6.07, 6.45) is 9.21. The first kappa shape index (κ1) is 16.3. The predicted molar refractivity (Wildman–Crippen MR) is 81.1 cm³/mol. The lowest BCUT2D eigenvalue weighted by molar-refractivity contribution is -0.394. The van der Waals surface area contributed by atoms with Gasteiger partial charge in [0.2, 0.25) is 0 Å². The zero-order valence-corrected chi connectivity index (χ0v) is 12.1. The number of rotatable bonds is 4. The number of ether oxygens (including phenoxy) is 1. The van der Waals surface area contributed by atoms with E-state index in [1.54, 1.807) is 6.08 Å². The second kappa shape index (κ2) is 7.30. The Labute approximate surface area is 131 Å². The van der Waals surface area contributed by atoms with Gasteiger partial charge in [0, 0.05) is 18.6 Å². The monoisotopic (exact) mass is 318 g/mol. The van der Waals surface area contributed by atoms with Crippen LogP contribution in [-0.2, 0) is 4.74 Å². The molecular weight excluding hydrogens is 304 g/mol. The molecule has 120 valence electrons. The molecule has 0 bridgehead atoms. The van der Waals surface area contributed by atoms with Crippen molar-refractivity contribution in [3.8, 4) is 0 Å². The largest absolute Gasteiger partial charge is 0.454 e. The molecule has 0 heterocycles. The summed E-state index contributed by atoms with van der Waals surface area (Å²) in [6, 6.07) is 2.74. The molecule has 1 aliphatic rings. The fraction of sp³-hybridized carbons (Fsp3) is 0.267. The van der Waals surface area contributed by atoms with E-state index in [1.165, 1.54) is 0 Å².